The van der Waals surface area contributed by atoms with Crippen LogP contribution in [0.15, 0.2) is 36.5 Å². The fraction of sp³-hybridized carbons (Fsp3) is 0. The molecular weight excluding hydrogens is 110 g/mol. The number of rotatable bonds is 0. The fourth-order valence-electron chi connectivity index (χ4n) is 0.918. The van der Waals surface area contributed by atoms with Gasteiger partial charge in [-0.3, -0.25) is 0 Å². The molecule has 1 nitrogen and oxygen atoms in total. The standard InChI is InChI=1S/C8H6N/c1-2-6-9-7-3-5-8(9)4-1/h1-5,7H. The molecule has 0 aromatic carbocycles. The highest BCUT2D eigenvalue weighted by Gasteiger charge is 1.84. The predicted molar refractivity (Wildman–Crippen MR) is 36.2 cm³/mol. The van der Waals surface area contributed by atoms with E-state index >= 15 is 0 Å². The van der Waals surface area contributed by atoms with Crippen molar-refractivity contribution in [3.05, 3.63) is 42.7 Å². The molecule has 2 aromatic rings. The summed E-state index contributed by atoms with van der Waals surface area (Å²) in [6, 6.07) is 9.99. The molecule has 0 N–H and O–H groups in total. The molecule has 0 aliphatic heterocycles. The lowest BCUT2D eigenvalue weighted by Crippen LogP contribution is -1.76. The van der Waals surface area contributed by atoms with Crippen LogP contribution in [-0.4, -0.2) is 4.40 Å². The first-order valence-corrected chi connectivity index (χ1v) is 2.90. The predicted octanol–water partition coefficient (Wildman–Crippen LogP) is 1.74. The molecule has 0 aliphatic carbocycles. The van der Waals surface area contributed by atoms with Crippen molar-refractivity contribution >= 4 is 5.52 Å². The van der Waals surface area contributed by atoms with E-state index in [1.807, 2.05) is 28.8 Å². The number of fused-ring (bicyclic) bond motifs is 1. The van der Waals surface area contributed by atoms with Crippen LogP contribution < -0.4 is 0 Å². The van der Waals surface area contributed by atoms with Gasteiger partial charge >= 0.3 is 0 Å². The Hall–Kier alpha value is -1.24. The van der Waals surface area contributed by atoms with Crippen LogP contribution in [0.2, 0.25) is 0 Å². The summed E-state index contributed by atoms with van der Waals surface area (Å²) in [5.41, 5.74) is 1.19. The zero-order valence-electron chi connectivity index (χ0n) is 4.91. The minimum Gasteiger partial charge on any atom is -0.315 e. The molecule has 0 saturated heterocycles. The average molecular weight is 116 g/mol. The van der Waals surface area contributed by atoms with Crippen LogP contribution in [0.1, 0.15) is 0 Å². The zero-order chi connectivity index (χ0) is 6.10. The fourth-order valence-corrected chi connectivity index (χ4v) is 0.918. The van der Waals surface area contributed by atoms with Gasteiger partial charge in [0.05, 0.1) is 6.20 Å². The van der Waals surface area contributed by atoms with E-state index in [4.69, 9.17) is 0 Å². The van der Waals surface area contributed by atoms with Crippen LogP contribution in [0.5, 0.6) is 0 Å². The Morgan fingerprint density at radius 1 is 1.22 bits per heavy atom. The second kappa shape index (κ2) is 1.62. The lowest BCUT2D eigenvalue weighted by Gasteiger charge is -1.87. The third kappa shape index (κ3) is 0.617. The van der Waals surface area contributed by atoms with Crippen molar-refractivity contribution in [2.75, 3.05) is 0 Å². The molecule has 2 heterocycles. The molecule has 0 atom stereocenters. The molecule has 2 aromatic heterocycles. The van der Waals surface area contributed by atoms with E-state index in [-0.39, 0.29) is 0 Å². The highest BCUT2D eigenvalue weighted by molar-refractivity contribution is 5.46. The van der Waals surface area contributed by atoms with E-state index in [2.05, 4.69) is 18.3 Å². The van der Waals surface area contributed by atoms with Gasteiger partial charge in [0, 0.05) is 11.7 Å². The Bertz CT molecular complexity index is 279. The molecule has 0 bridgehead atoms. The molecule has 1 heteroatoms. The number of hydrogen-bond donors (Lipinski definition) is 0. The van der Waals surface area contributed by atoms with E-state index in [9.17, 15) is 0 Å². The number of nitrogens with zero attached hydrogens (tertiary/aromatic N) is 1. The third-order valence-corrected chi connectivity index (χ3v) is 1.36. The van der Waals surface area contributed by atoms with E-state index in [1.54, 1.807) is 0 Å². The van der Waals surface area contributed by atoms with Gasteiger partial charge in [0.2, 0.25) is 0 Å². The molecule has 0 amide bonds. The summed E-state index contributed by atoms with van der Waals surface area (Å²) >= 11 is 0. The van der Waals surface area contributed by atoms with E-state index < -0.39 is 0 Å². The second-order valence-corrected chi connectivity index (χ2v) is 1.96. The maximum atomic E-state index is 3.05. The van der Waals surface area contributed by atoms with Crippen LogP contribution >= 0.6 is 0 Å². The summed E-state index contributed by atoms with van der Waals surface area (Å²) in [5, 5.41) is 0. The second-order valence-electron chi connectivity index (χ2n) is 1.96. The zero-order valence-corrected chi connectivity index (χ0v) is 4.91. The summed E-state index contributed by atoms with van der Waals surface area (Å²) < 4.78 is 1.96. The van der Waals surface area contributed by atoms with Crippen LogP contribution in [0.3, 0.4) is 0 Å². The number of aromatic nitrogens is 1. The maximum Gasteiger partial charge on any atom is 0.0696 e. The monoisotopic (exact) mass is 116 g/mol. The van der Waals surface area contributed by atoms with Gasteiger partial charge in [-0.2, -0.15) is 0 Å². The SMILES string of the molecule is [c]1cccc2cccn12. The first-order chi connectivity index (χ1) is 4.47. The van der Waals surface area contributed by atoms with Crippen molar-refractivity contribution in [3.63, 3.8) is 0 Å². The largest absolute Gasteiger partial charge is 0.315 e. The Balaban J connectivity index is 2.95. The summed E-state index contributed by atoms with van der Waals surface area (Å²) in [4.78, 5) is 0. The molecule has 0 saturated carbocycles. The van der Waals surface area contributed by atoms with Gasteiger partial charge in [-0.05, 0) is 24.3 Å². The van der Waals surface area contributed by atoms with Gasteiger partial charge in [-0.25, -0.2) is 0 Å². The summed E-state index contributed by atoms with van der Waals surface area (Å²) in [5.74, 6) is 0. The lowest BCUT2D eigenvalue weighted by atomic mass is 10.4. The molecular formula is C8H6N. The maximum absolute atomic E-state index is 3.05. The number of hydrogen-bond acceptors (Lipinski definition) is 0. The smallest absolute Gasteiger partial charge is 0.0696 e. The highest BCUT2D eigenvalue weighted by atomic mass is 14.8. The summed E-state index contributed by atoms with van der Waals surface area (Å²) in [6.07, 6.45) is 5.03. The normalized spacial score (nSPS) is 10.2. The van der Waals surface area contributed by atoms with Crippen LogP contribution in [-0.2, 0) is 0 Å². The van der Waals surface area contributed by atoms with Gasteiger partial charge in [0.15, 0.2) is 0 Å². The molecule has 0 aliphatic rings. The van der Waals surface area contributed by atoms with Crippen LogP contribution in [0.4, 0.5) is 0 Å². The molecule has 2 rings (SSSR count). The van der Waals surface area contributed by atoms with Gasteiger partial charge in [0.1, 0.15) is 0 Å². The van der Waals surface area contributed by atoms with Gasteiger partial charge in [-0.15, -0.1) is 0 Å². The quantitative estimate of drug-likeness (QED) is 0.494. The average Bonchev–Trinajstić information content (AvgIpc) is 2.33. The third-order valence-electron chi connectivity index (χ3n) is 1.36. The molecule has 0 unspecified atom stereocenters. The van der Waals surface area contributed by atoms with E-state index in [0.717, 1.165) is 0 Å². The first kappa shape index (κ1) is 4.62. The van der Waals surface area contributed by atoms with Gasteiger partial charge < -0.3 is 4.40 Å². The summed E-state index contributed by atoms with van der Waals surface area (Å²) in [7, 11) is 0. The topological polar surface area (TPSA) is 4.41 Å². The lowest BCUT2D eigenvalue weighted by molar-refractivity contribution is 1.19. The van der Waals surface area contributed by atoms with Crippen molar-refractivity contribution in [2.24, 2.45) is 0 Å². The number of pyridine rings is 1. The Labute approximate surface area is 53.5 Å². The van der Waals surface area contributed by atoms with Crippen molar-refractivity contribution < 1.29 is 0 Å². The molecule has 0 fully saturated rings. The van der Waals surface area contributed by atoms with E-state index in [1.165, 1.54) is 5.52 Å². The highest BCUT2D eigenvalue weighted by Crippen LogP contribution is 2.00. The molecule has 9 heavy (non-hydrogen) atoms. The molecule has 1 radical (unpaired) electrons. The van der Waals surface area contributed by atoms with Gasteiger partial charge in [0.25, 0.3) is 0 Å². The van der Waals surface area contributed by atoms with E-state index in [0.29, 0.717) is 0 Å². The molecule has 43 valence electrons. The Morgan fingerprint density at radius 3 is 3.00 bits per heavy atom. The van der Waals surface area contributed by atoms with Crippen molar-refractivity contribution in [3.8, 4) is 0 Å². The Morgan fingerprint density at radius 2 is 2.11 bits per heavy atom. The minimum atomic E-state index is 1.19. The molecule has 0 spiro atoms. The van der Waals surface area contributed by atoms with Crippen molar-refractivity contribution in [1.29, 1.82) is 0 Å². The van der Waals surface area contributed by atoms with Crippen LogP contribution in [0.25, 0.3) is 5.52 Å². The van der Waals surface area contributed by atoms with Crippen molar-refractivity contribution in [2.45, 2.75) is 0 Å². The summed E-state index contributed by atoms with van der Waals surface area (Å²) in [6.45, 7) is 0. The Kier molecular flexibility index (Phi) is 0.833. The van der Waals surface area contributed by atoms with Crippen molar-refractivity contribution in [1.82, 2.24) is 4.40 Å². The van der Waals surface area contributed by atoms with Gasteiger partial charge in [-0.1, -0.05) is 6.07 Å². The van der Waals surface area contributed by atoms with Crippen LogP contribution in [0, 0.1) is 6.20 Å². The minimum absolute atomic E-state index is 1.19. The first-order valence-electron chi connectivity index (χ1n) is 2.90.